The molecule has 1 fully saturated rings. The molecular formula is C7H9NO3. The topological polar surface area (TPSA) is 73.5 Å². The molecule has 3 atom stereocenters. The van der Waals surface area contributed by atoms with Crippen LogP contribution in [-0.4, -0.2) is 35.1 Å². The summed E-state index contributed by atoms with van der Waals surface area (Å²) in [5.74, 6) is 0. The summed E-state index contributed by atoms with van der Waals surface area (Å²) < 4.78 is 4.94. The van der Waals surface area contributed by atoms with E-state index >= 15 is 0 Å². The van der Waals surface area contributed by atoms with Gasteiger partial charge in [0.2, 0.25) is 0 Å². The van der Waals surface area contributed by atoms with Crippen molar-refractivity contribution in [1.29, 1.82) is 5.26 Å². The molecule has 0 bridgehead atoms. The van der Waals surface area contributed by atoms with E-state index in [0.717, 1.165) is 0 Å². The molecule has 0 aliphatic carbocycles. The van der Waals surface area contributed by atoms with Gasteiger partial charge in [-0.15, -0.1) is 0 Å². The molecule has 1 heterocycles. The lowest BCUT2D eigenvalue weighted by atomic mass is 10.1. The predicted octanol–water partition coefficient (Wildman–Crippen LogP) is -0.813. The van der Waals surface area contributed by atoms with Gasteiger partial charge in [-0.25, -0.2) is 0 Å². The Morgan fingerprint density at radius 2 is 2.27 bits per heavy atom. The highest BCUT2D eigenvalue weighted by atomic mass is 16.5. The van der Waals surface area contributed by atoms with Crippen LogP contribution in [0.1, 0.15) is 0 Å². The van der Waals surface area contributed by atoms with Crippen LogP contribution in [0.15, 0.2) is 12.2 Å². The summed E-state index contributed by atoms with van der Waals surface area (Å²) in [6.07, 6.45) is 0.389. The van der Waals surface area contributed by atoms with Crippen LogP contribution in [0.2, 0.25) is 0 Å². The fourth-order valence-corrected chi connectivity index (χ4v) is 0.933. The molecule has 11 heavy (non-hydrogen) atoms. The van der Waals surface area contributed by atoms with Crippen molar-refractivity contribution in [3.8, 4) is 6.07 Å². The van der Waals surface area contributed by atoms with E-state index in [1.54, 1.807) is 6.07 Å². The van der Waals surface area contributed by atoms with Gasteiger partial charge in [0.15, 0.2) is 0 Å². The van der Waals surface area contributed by atoms with Crippen molar-refractivity contribution in [2.75, 3.05) is 6.61 Å². The summed E-state index contributed by atoms with van der Waals surface area (Å²) in [5.41, 5.74) is 0. The molecule has 0 aromatic carbocycles. The zero-order valence-electron chi connectivity index (χ0n) is 5.84. The maximum atomic E-state index is 9.15. The van der Waals surface area contributed by atoms with Gasteiger partial charge in [0.05, 0.1) is 12.7 Å². The Morgan fingerprint density at radius 3 is 2.73 bits per heavy atom. The minimum atomic E-state index is -0.903. The van der Waals surface area contributed by atoms with E-state index in [9.17, 15) is 0 Å². The van der Waals surface area contributed by atoms with E-state index < -0.39 is 18.3 Å². The van der Waals surface area contributed by atoms with Gasteiger partial charge in [0.25, 0.3) is 0 Å². The first-order valence-corrected chi connectivity index (χ1v) is 3.29. The summed E-state index contributed by atoms with van der Waals surface area (Å²) in [6, 6.07) is 1.78. The number of aliphatic hydroxyl groups excluding tert-OH is 2. The Morgan fingerprint density at radius 1 is 1.55 bits per heavy atom. The van der Waals surface area contributed by atoms with Crippen molar-refractivity contribution >= 4 is 0 Å². The molecule has 0 unspecified atom stereocenters. The second-order valence-corrected chi connectivity index (χ2v) is 2.34. The van der Waals surface area contributed by atoms with E-state index in [2.05, 4.69) is 0 Å². The van der Waals surface area contributed by atoms with E-state index in [4.69, 9.17) is 20.2 Å². The third-order valence-corrected chi connectivity index (χ3v) is 1.55. The first-order chi connectivity index (χ1) is 5.25. The zero-order chi connectivity index (χ0) is 8.27. The van der Waals surface area contributed by atoms with Gasteiger partial charge in [-0.1, -0.05) is 0 Å². The van der Waals surface area contributed by atoms with Crippen molar-refractivity contribution in [1.82, 2.24) is 0 Å². The van der Waals surface area contributed by atoms with Crippen LogP contribution >= 0.6 is 0 Å². The van der Waals surface area contributed by atoms with Gasteiger partial charge in [-0.05, 0) is 6.08 Å². The van der Waals surface area contributed by atoms with Gasteiger partial charge in [0, 0.05) is 6.08 Å². The van der Waals surface area contributed by atoms with Crippen molar-refractivity contribution in [3.05, 3.63) is 12.2 Å². The summed E-state index contributed by atoms with van der Waals surface area (Å²) in [4.78, 5) is 0. The Balaban J connectivity index is 2.50. The SMILES string of the molecule is N#CC=C[C@H]1OC[C@@H](O)[C@H]1O. The van der Waals surface area contributed by atoms with Crippen LogP contribution in [0.3, 0.4) is 0 Å². The number of nitriles is 1. The maximum absolute atomic E-state index is 9.15. The second-order valence-electron chi connectivity index (χ2n) is 2.34. The smallest absolute Gasteiger partial charge is 0.112 e. The number of hydrogen-bond donors (Lipinski definition) is 2. The van der Waals surface area contributed by atoms with E-state index in [1.165, 1.54) is 12.2 Å². The van der Waals surface area contributed by atoms with Crippen LogP contribution in [0, 0.1) is 11.3 Å². The highest BCUT2D eigenvalue weighted by Crippen LogP contribution is 2.14. The number of nitrogens with zero attached hydrogens (tertiary/aromatic N) is 1. The summed E-state index contributed by atoms with van der Waals surface area (Å²) in [6.45, 7) is 0.127. The van der Waals surface area contributed by atoms with Crippen LogP contribution in [-0.2, 0) is 4.74 Å². The quantitative estimate of drug-likeness (QED) is 0.485. The third-order valence-electron chi connectivity index (χ3n) is 1.55. The van der Waals surface area contributed by atoms with Crippen LogP contribution in [0.5, 0.6) is 0 Å². The number of allylic oxidation sites excluding steroid dienone is 1. The largest absolute Gasteiger partial charge is 0.388 e. The first kappa shape index (κ1) is 8.21. The minimum absolute atomic E-state index is 0.127. The standard InChI is InChI=1S/C7H9NO3/c8-3-1-2-6-7(10)5(9)4-11-6/h1-2,5-7,9-10H,4H2/t5-,6-,7-/m1/s1. The Hall–Kier alpha value is -0.890. The fourth-order valence-electron chi connectivity index (χ4n) is 0.933. The highest BCUT2D eigenvalue weighted by Gasteiger charge is 2.32. The first-order valence-electron chi connectivity index (χ1n) is 3.29. The summed E-state index contributed by atoms with van der Waals surface area (Å²) >= 11 is 0. The van der Waals surface area contributed by atoms with E-state index in [-0.39, 0.29) is 6.61 Å². The average Bonchev–Trinajstić information content (AvgIpc) is 2.31. The lowest BCUT2D eigenvalue weighted by Crippen LogP contribution is -2.28. The van der Waals surface area contributed by atoms with Crippen molar-refractivity contribution in [2.45, 2.75) is 18.3 Å². The number of hydrogen-bond acceptors (Lipinski definition) is 4. The zero-order valence-corrected chi connectivity index (χ0v) is 5.84. The molecule has 0 spiro atoms. The van der Waals surface area contributed by atoms with Crippen LogP contribution < -0.4 is 0 Å². The van der Waals surface area contributed by atoms with Gasteiger partial charge < -0.3 is 14.9 Å². The monoisotopic (exact) mass is 155 g/mol. The van der Waals surface area contributed by atoms with Crippen molar-refractivity contribution in [3.63, 3.8) is 0 Å². The van der Waals surface area contributed by atoms with Crippen molar-refractivity contribution in [2.24, 2.45) is 0 Å². The molecule has 1 saturated heterocycles. The summed E-state index contributed by atoms with van der Waals surface area (Å²) in [7, 11) is 0. The van der Waals surface area contributed by atoms with E-state index in [0.29, 0.717) is 0 Å². The molecular weight excluding hydrogens is 146 g/mol. The molecule has 2 N–H and O–H groups in total. The molecule has 0 radical (unpaired) electrons. The molecule has 0 aromatic heterocycles. The summed E-state index contributed by atoms with van der Waals surface area (Å²) in [5, 5.41) is 26.3. The lowest BCUT2D eigenvalue weighted by Gasteiger charge is -2.08. The Bertz CT molecular complexity index is 196. The normalized spacial score (nSPS) is 37.7. The molecule has 0 amide bonds. The van der Waals surface area contributed by atoms with Crippen LogP contribution in [0.4, 0.5) is 0 Å². The molecule has 1 aliphatic rings. The molecule has 4 nitrogen and oxygen atoms in total. The third kappa shape index (κ3) is 1.77. The molecule has 0 saturated carbocycles. The van der Waals surface area contributed by atoms with Crippen LogP contribution in [0.25, 0.3) is 0 Å². The minimum Gasteiger partial charge on any atom is -0.388 e. The lowest BCUT2D eigenvalue weighted by molar-refractivity contribution is 0.0420. The average molecular weight is 155 g/mol. The highest BCUT2D eigenvalue weighted by molar-refractivity contribution is 5.08. The van der Waals surface area contributed by atoms with Gasteiger partial charge in [-0.2, -0.15) is 5.26 Å². The predicted molar refractivity (Wildman–Crippen MR) is 36.5 cm³/mol. The fraction of sp³-hybridized carbons (Fsp3) is 0.571. The molecule has 1 rings (SSSR count). The van der Waals surface area contributed by atoms with Gasteiger partial charge >= 0.3 is 0 Å². The maximum Gasteiger partial charge on any atom is 0.112 e. The second kappa shape index (κ2) is 3.49. The Labute approximate surface area is 64.3 Å². The van der Waals surface area contributed by atoms with Gasteiger partial charge in [0.1, 0.15) is 18.3 Å². The van der Waals surface area contributed by atoms with Gasteiger partial charge in [-0.3, -0.25) is 0 Å². The van der Waals surface area contributed by atoms with E-state index in [1.807, 2.05) is 0 Å². The number of rotatable bonds is 1. The Kier molecular flexibility index (Phi) is 2.60. The van der Waals surface area contributed by atoms with Crippen molar-refractivity contribution < 1.29 is 14.9 Å². The molecule has 60 valence electrons. The molecule has 4 heteroatoms. The molecule has 0 aromatic rings. The number of ether oxygens (including phenoxy) is 1. The number of aliphatic hydroxyl groups is 2. The molecule has 1 aliphatic heterocycles.